The maximum absolute atomic E-state index is 13.7. The molecule has 32 heavy (non-hydrogen) atoms. The lowest BCUT2D eigenvalue weighted by atomic mass is 9.98. The molecule has 0 saturated carbocycles. The largest absolute Gasteiger partial charge is 0.496 e. The van der Waals surface area contributed by atoms with Gasteiger partial charge in [0, 0.05) is 18.7 Å². The van der Waals surface area contributed by atoms with Crippen LogP contribution in [-0.2, 0) is 17.8 Å². The number of hydrogen-bond donors (Lipinski definition) is 0. The van der Waals surface area contributed by atoms with Gasteiger partial charge in [0.2, 0.25) is 5.91 Å². The van der Waals surface area contributed by atoms with Crippen LogP contribution in [0.5, 0.6) is 11.5 Å². The second-order valence-corrected chi connectivity index (χ2v) is 8.17. The number of amides is 1. The topological polar surface area (TPSA) is 42.0 Å². The van der Waals surface area contributed by atoms with Crippen LogP contribution in [0.15, 0.2) is 66.7 Å². The van der Waals surface area contributed by atoms with Crippen LogP contribution in [0.1, 0.15) is 22.7 Å². The fourth-order valence-electron chi connectivity index (χ4n) is 4.63. The standard InChI is InChI=1S/C26H25FN2O3/c1-31-24-8-4-5-18-13-14-28(15-21(18)24)16-26(30)29-22-6-2-3-7-25(22)32-17-23(29)19-9-11-20(27)12-10-19/h2-12,23H,13-17H2,1H3. The summed E-state index contributed by atoms with van der Waals surface area (Å²) in [7, 11) is 1.68. The van der Waals surface area contributed by atoms with Crippen molar-refractivity contribution in [2.24, 2.45) is 0 Å². The van der Waals surface area contributed by atoms with Gasteiger partial charge in [-0.1, -0.05) is 36.4 Å². The number of nitrogens with zero attached hydrogens (tertiary/aromatic N) is 2. The molecule has 6 heteroatoms. The van der Waals surface area contributed by atoms with Crippen LogP contribution in [0.25, 0.3) is 0 Å². The van der Waals surface area contributed by atoms with Crippen molar-refractivity contribution in [3.63, 3.8) is 0 Å². The van der Waals surface area contributed by atoms with Crippen LogP contribution in [0.3, 0.4) is 0 Å². The van der Waals surface area contributed by atoms with E-state index in [0.717, 1.165) is 35.5 Å². The fraction of sp³-hybridized carbons (Fsp3) is 0.269. The van der Waals surface area contributed by atoms with E-state index in [0.29, 0.717) is 18.9 Å². The number of carbonyl (C=O) groups excluding carboxylic acids is 1. The monoisotopic (exact) mass is 432 g/mol. The lowest BCUT2D eigenvalue weighted by Gasteiger charge is -2.39. The fourth-order valence-corrected chi connectivity index (χ4v) is 4.63. The van der Waals surface area contributed by atoms with Gasteiger partial charge in [-0.25, -0.2) is 4.39 Å². The molecular weight excluding hydrogens is 407 g/mol. The predicted octanol–water partition coefficient (Wildman–Crippen LogP) is 4.36. The molecule has 1 unspecified atom stereocenters. The lowest BCUT2D eigenvalue weighted by molar-refractivity contribution is -0.120. The second kappa shape index (κ2) is 8.63. The molecule has 2 aliphatic heterocycles. The zero-order valence-electron chi connectivity index (χ0n) is 18.0. The SMILES string of the molecule is COc1cccc2c1CN(CC(=O)N1c3ccccc3OCC1c1ccc(F)cc1)CC2. The van der Waals surface area contributed by atoms with Gasteiger partial charge < -0.3 is 9.47 Å². The highest BCUT2D eigenvalue weighted by molar-refractivity contribution is 5.97. The summed E-state index contributed by atoms with van der Waals surface area (Å²) in [6.07, 6.45) is 0.876. The van der Waals surface area contributed by atoms with E-state index in [1.807, 2.05) is 41.3 Å². The van der Waals surface area contributed by atoms with Crippen LogP contribution in [-0.4, -0.2) is 37.6 Å². The quantitative estimate of drug-likeness (QED) is 0.615. The highest BCUT2D eigenvalue weighted by Gasteiger charge is 2.34. The van der Waals surface area contributed by atoms with E-state index in [4.69, 9.17) is 9.47 Å². The maximum Gasteiger partial charge on any atom is 0.241 e. The Morgan fingerprint density at radius 3 is 2.72 bits per heavy atom. The summed E-state index contributed by atoms with van der Waals surface area (Å²) in [6, 6.07) is 19.6. The zero-order valence-corrected chi connectivity index (χ0v) is 18.0. The van der Waals surface area contributed by atoms with Gasteiger partial charge in [0.05, 0.1) is 25.4 Å². The van der Waals surface area contributed by atoms with Crippen LogP contribution in [0, 0.1) is 5.82 Å². The number of para-hydroxylation sites is 2. The number of rotatable bonds is 4. The van der Waals surface area contributed by atoms with Crippen molar-refractivity contribution in [3.05, 3.63) is 89.2 Å². The minimum absolute atomic E-state index is 0.00609. The van der Waals surface area contributed by atoms with Crippen LogP contribution in [0.4, 0.5) is 10.1 Å². The molecule has 0 N–H and O–H groups in total. The molecule has 0 aliphatic carbocycles. The summed E-state index contributed by atoms with van der Waals surface area (Å²) in [5.41, 5.74) is 4.01. The van der Waals surface area contributed by atoms with Gasteiger partial charge in [-0.05, 0) is 47.9 Å². The van der Waals surface area contributed by atoms with Gasteiger partial charge in [0.15, 0.2) is 0 Å². The third-order valence-electron chi connectivity index (χ3n) is 6.24. The zero-order chi connectivity index (χ0) is 22.1. The number of ether oxygens (including phenoxy) is 2. The summed E-state index contributed by atoms with van der Waals surface area (Å²) < 4.78 is 25.0. The minimum atomic E-state index is -0.315. The summed E-state index contributed by atoms with van der Waals surface area (Å²) in [5, 5.41) is 0. The smallest absolute Gasteiger partial charge is 0.241 e. The van der Waals surface area contributed by atoms with Crippen LogP contribution in [0.2, 0.25) is 0 Å². The highest BCUT2D eigenvalue weighted by Crippen LogP contribution is 2.39. The average molecular weight is 432 g/mol. The Balaban J connectivity index is 1.43. The van der Waals surface area contributed by atoms with Crippen molar-refractivity contribution in [1.82, 2.24) is 4.90 Å². The Labute approximate surface area is 187 Å². The van der Waals surface area contributed by atoms with Gasteiger partial charge in [-0.15, -0.1) is 0 Å². The van der Waals surface area contributed by atoms with Crippen molar-refractivity contribution in [2.45, 2.75) is 19.0 Å². The van der Waals surface area contributed by atoms with E-state index in [1.54, 1.807) is 19.2 Å². The summed E-state index contributed by atoms with van der Waals surface area (Å²) >= 11 is 0. The number of methoxy groups -OCH3 is 1. The first-order valence-corrected chi connectivity index (χ1v) is 10.8. The van der Waals surface area contributed by atoms with Gasteiger partial charge in [-0.2, -0.15) is 0 Å². The van der Waals surface area contributed by atoms with Crippen molar-refractivity contribution in [3.8, 4) is 11.5 Å². The van der Waals surface area contributed by atoms with E-state index < -0.39 is 0 Å². The molecular formula is C26H25FN2O3. The van der Waals surface area contributed by atoms with E-state index in [2.05, 4.69) is 11.0 Å². The summed E-state index contributed by atoms with van der Waals surface area (Å²) in [6.45, 7) is 2.08. The molecule has 1 amide bonds. The Morgan fingerprint density at radius 1 is 1.09 bits per heavy atom. The molecule has 0 aromatic heterocycles. The number of hydrogen-bond acceptors (Lipinski definition) is 4. The number of halogens is 1. The van der Waals surface area contributed by atoms with E-state index in [9.17, 15) is 9.18 Å². The summed E-state index contributed by atoms with van der Waals surface area (Å²) in [4.78, 5) is 17.6. The number of benzene rings is 3. The van der Waals surface area contributed by atoms with Crippen molar-refractivity contribution >= 4 is 11.6 Å². The van der Waals surface area contributed by atoms with Crippen LogP contribution < -0.4 is 14.4 Å². The van der Waals surface area contributed by atoms with Gasteiger partial charge in [0.25, 0.3) is 0 Å². The normalized spacial score (nSPS) is 17.8. The molecule has 164 valence electrons. The molecule has 0 fully saturated rings. The lowest BCUT2D eigenvalue weighted by Crippen LogP contribution is -2.47. The van der Waals surface area contributed by atoms with Gasteiger partial charge >= 0.3 is 0 Å². The molecule has 0 radical (unpaired) electrons. The van der Waals surface area contributed by atoms with Gasteiger partial charge in [0.1, 0.15) is 23.9 Å². The Kier molecular flexibility index (Phi) is 5.53. The average Bonchev–Trinajstić information content (AvgIpc) is 2.83. The first-order valence-electron chi connectivity index (χ1n) is 10.8. The molecule has 5 rings (SSSR count). The number of fused-ring (bicyclic) bond motifs is 2. The van der Waals surface area contributed by atoms with Crippen molar-refractivity contribution in [2.75, 3.05) is 31.7 Å². The van der Waals surface area contributed by atoms with E-state index in [1.165, 1.54) is 17.7 Å². The minimum Gasteiger partial charge on any atom is -0.496 e. The molecule has 2 aliphatic rings. The molecule has 3 aromatic rings. The molecule has 5 nitrogen and oxygen atoms in total. The van der Waals surface area contributed by atoms with Gasteiger partial charge in [-0.3, -0.25) is 14.6 Å². The first kappa shape index (κ1) is 20.5. The molecule has 0 saturated heterocycles. The third-order valence-corrected chi connectivity index (χ3v) is 6.24. The Morgan fingerprint density at radius 2 is 1.91 bits per heavy atom. The van der Waals surface area contributed by atoms with E-state index in [-0.39, 0.29) is 24.3 Å². The second-order valence-electron chi connectivity index (χ2n) is 8.17. The van der Waals surface area contributed by atoms with Crippen molar-refractivity contribution in [1.29, 1.82) is 0 Å². The molecule has 1 atom stereocenters. The molecule has 0 bridgehead atoms. The Bertz CT molecular complexity index is 1120. The maximum atomic E-state index is 13.7. The predicted molar refractivity (Wildman–Crippen MR) is 121 cm³/mol. The van der Waals surface area contributed by atoms with Crippen LogP contribution >= 0.6 is 0 Å². The third kappa shape index (κ3) is 3.82. The number of carbonyl (C=O) groups is 1. The first-order chi connectivity index (χ1) is 15.6. The summed E-state index contributed by atoms with van der Waals surface area (Å²) in [5.74, 6) is 1.24. The molecule has 2 heterocycles. The highest BCUT2D eigenvalue weighted by atomic mass is 19.1. The number of anilines is 1. The Hall–Kier alpha value is -3.38. The van der Waals surface area contributed by atoms with E-state index >= 15 is 0 Å². The molecule has 0 spiro atoms. The van der Waals surface area contributed by atoms with Crippen molar-refractivity contribution < 1.29 is 18.7 Å². The molecule has 3 aromatic carbocycles.